The van der Waals surface area contributed by atoms with Crippen molar-refractivity contribution in [2.45, 2.75) is 0 Å². The number of nitrogens with zero attached hydrogens (tertiary/aromatic N) is 8. The van der Waals surface area contributed by atoms with Crippen molar-refractivity contribution in [3.05, 3.63) is 133 Å². The zero-order valence-corrected chi connectivity index (χ0v) is 22.3. The quantitative estimate of drug-likeness (QED) is 0.186. The summed E-state index contributed by atoms with van der Waals surface area (Å²) in [5, 5.41) is 43.0. The molecule has 8 nitrogen and oxygen atoms in total. The predicted molar refractivity (Wildman–Crippen MR) is 162 cm³/mol. The first-order valence-electron chi connectivity index (χ1n) is 15.0. The predicted octanol–water partition coefficient (Wildman–Crippen LogP) is 5.96. The molecular formula is C34H12N8S. The summed E-state index contributed by atoms with van der Waals surface area (Å²) in [6.07, 6.45) is 2.69. The fraction of sp³-hybridized carbons (Fsp3) is 0. The molecule has 0 saturated carbocycles. The monoisotopic (exact) mass is 570 g/mol. The minimum atomic E-state index is -0.553. The Bertz CT molecular complexity index is 2650. The molecular weight excluding hydrogens is 552 g/mol. The van der Waals surface area contributed by atoms with Gasteiger partial charge in [0.25, 0.3) is 0 Å². The van der Waals surface area contributed by atoms with Crippen molar-refractivity contribution in [2.24, 2.45) is 0 Å². The molecule has 6 rings (SSSR count). The fourth-order valence-electron chi connectivity index (χ4n) is 4.60. The van der Waals surface area contributed by atoms with E-state index in [1.165, 1.54) is 23.7 Å². The Morgan fingerprint density at radius 1 is 0.767 bits per heavy atom. The van der Waals surface area contributed by atoms with Crippen LogP contribution in [0.3, 0.4) is 0 Å². The van der Waals surface area contributed by atoms with Crippen LogP contribution >= 0.6 is 11.3 Å². The summed E-state index contributed by atoms with van der Waals surface area (Å²) in [7, 11) is 0. The first kappa shape index (κ1) is 20.1. The van der Waals surface area contributed by atoms with Crippen molar-refractivity contribution in [3.63, 3.8) is 0 Å². The van der Waals surface area contributed by atoms with Crippen LogP contribution < -0.4 is 10.4 Å². The topological polar surface area (TPSA) is 130 Å². The van der Waals surface area contributed by atoms with Gasteiger partial charge >= 0.3 is 0 Å². The van der Waals surface area contributed by atoms with Gasteiger partial charge in [-0.3, -0.25) is 9.97 Å². The van der Waals surface area contributed by atoms with Crippen LogP contribution in [0.4, 0.5) is 5.69 Å². The lowest BCUT2D eigenvalue weighted by Gasteiger charge is -2.08. The van der Waals surface area contributed by atoms with Crippen LogP contribution in [0.2, 0.25) is 0 Å². The normalized spacial score (nSPS) is 13.8. The average Bonchev–Trinajstić information content (AvgIpc) is 3.60. The SMILES string of the molecule is [2H]c1c(C#N)c([2H])c(/C([N+]#[C-])=c2\cnc3c(c2)c2sccc2c2c/c(=C(/C#N)c4c([2H])c(C#N)c([2H])c([N+]#[C-])c4[2H])cnc23)c([2H])c1C#N. The number of rotatable bonds is 2. The minimum absolute atomic E-state index is 0.182. The fourth-order valence-corrected chi connectivity index (χ4v) is 5.53. The summed E-state index contributed by atoms with van der Waals surface area (Å²) in [5.74, 6) is 0. The van der Waals surface area contributed by atoms with Gasteiger partial charge in [-0.2, -0.15) is 21.0 Å². The molecule has 0 aliphatic carbocycles. The van der Waals surface area contributed by atoms with Crippen molar-refractivity contribution in [2.75, 3.05) is 0 Å². The number of nitriles is 4. The van der Waals surface area contributed by atoms with Gasteiger partial charge in [0.2, 0.25) is 5.70 Å². The van der Waals surface area contributed by atoms with Crippen molar-refractivity contribution < 1.29 is 8.22 Å². The van der Waals surface area contributed by atoms with E-state index in [1.54, 1.807) is 30.3 Å². The molecule has 0 atom stereocenters. The molecule has 3 heterocycles. The molecule has 9 heteroatoms. The van der Waals surface area contributed by atoms with Crippen LogP contribution in [-0.2, 0) is 0 Å². The Balaban J connectivity index is 1.71. The van der Waals surface area contributed by atoms with Gasteiger partial charge in [-0.15, -0.1) is 11.3 Å². The number of hydrogen-bond donors (Lipinski definition) is 0. The lowest BCUT2D eigenvalue weighted by molar-refractivity contribution is 1.34. The molecule has 0 unspecified atom stereocenters. The highest BCUT2D eigenvalue weighted by molar-refractivity contribution is 7.18. The van der Waals surface area contributed by atoms with Gasteiger partial charge < -0.3 is 0 Å². The highest BCUT2D eigenvalue weighted by atomic mass is 32.1. The van der Waals surface area contributed by atoms with Crippen LogP contribution in [0.25, 0.3) is 52.9 Å². The van der Waals surface area contributed by atoms with E-state index >= 15 is 0 Å². The number of fused-ring (bicyclic) bond motifs is 6. The second kappa shape index (κ2) is 10.6. The molecule has 194 valence electrons. The largest absolute Gasteiger partial charge is 0.255 e. The molecule has 43 heavy (non-hydrogen) atoms. The maximum atomic E-state index is 10.2. The van der Waals surface area contributed by atoms with E-state index in [-0.39, 0.29) is 32.8 Å². The van der Waals surface area contributed by atoms with Gasteiger partial charge in [0.05, 0.1) is 65.9 Å². The summed E-state index contributed by atoms with van der Waals surface area (Å²) in [4.78, 5) is 16.0. The number of aromatic nitrogens is 2. The second-order valence-electron chi connectivity index (χ2n) is 8.77. The smallest absolute Gasteiger partial charge is 0.202 e. The number of thiophene rings is 1. The standard InChI is InChI=1S/C34H12N8S/c1-39-26-9-21(15-37)6-22(10-26)30(16-38)24-11-28-27-3-4-43-34(27)29-12-25(18-42-33(29)32(28)41-17-24)31(40-2)23-7-19(13-35)5-20(8-23)14-36/h3-12,17-18H/b30-24+,31-25+/i5D,6D,7D,8D,9D,10D. The van der Waals surface area contributed by atoms with E-state index in [2.05, 4.69) is 19.7 Å². The van der Waals surface area contributed by atoms with Gasteiger partial charge in [0.1, 0.15) is 6.07 Å². The highest BCUT2D eigenvalue weighted by Gasteiger charge is 2.15. The molecule has 6 aromatic rings. The van der Waals surface area contributed by atoms with E-state index in [4.69, 9.17) is 21.4 Å². The number of pyridine rings is 2. The molecule has 0 bridgehead atoms. The van der Waals surface area contributed by atoms with E-state index in [9.17, 15) is 21.0 Å². The van der Waals surface area contributed by atoms with Gasteiger partial charge in [-0.1, -0.05) is 6.07 Å². The first-order chi connectivity index (χ1) is 23.6. The highest BCUT2D eigenvalue weighted by Crippen LogP contribution is 2.35. The molecule has 0 aliphatic heterocycles. The number of benzene rings is 3. The Morgan fingerprint density at radius 3 is 2.05 bits per heavy atom. The molecule has 0 fully saturated rings. The van der Waals surface area contributed by atoms with E-state index < -0.39 is 58.6 Å². The summed E-state index contributed by atoms with van der Waals surface area (Å²) < 4.78 is 51.0. The third kappa shape index (κ3) is 4.44. The van der Waals surface area contributed by atoms with E-state index in [0.717, 1.165) is 0 Å². The molecule has 0 radical (unpaired) electrons. The Morgan fingerprint density at radius 2 is 1.40 bits per heavy atom. The maximum absolute atomic E-state index is 10.2. The van der Waals surface area contributed by atoms with E-state index in [0.29, 0.717) is 31.9 Å². The lowest BCUT2D eigenvalue weighted by Crippen LogP contribution is -2.09. The van der Waals surface area contributed by atoms with Gasteiger partial charge in [-0.05, 0) is 70.1 Å². The maximum Gasteiger partial charge on any atom is 0.202 e. The van der Waals surface area contributed by atoms with Crippen LogP contribution in [0, 0.1) is 58.5 Å². The number of hydrogen-bond acceptors (Lipinski definition) is 7. The van der Waals surface area contributed by atoms with E-state index in [1.807, 2.05) is 17.5 Å². The summed E-state index contributed by atoms with van der Waals surface area (Å²) >= 11 is 1.35. The Hall–Kier alpha value is -6.88. The van der Waals surface area contributed by atoms with Gasteiger partial charge in [0, 0.05) is 45.4 Å². The Kier molecular flexibility index (Phi) is 4.94. The first-order valence-corrected chi connectivity index (χ1v) is 12.9. The molecule has 3 aromatic carbocycles. The van der Waals surface area contributed by atoms with Crippen molar-refractivity contribution in [1.29, 1.82) is 21.0 Å². The third-order valence-electron chi connectivity index (χ3n) is 6.41. The zero-order valence-electron chi connectivity index (χ0n) is 27.5. The van der Waals surface area contributed by atoms with Gasteiger partial charge in [-0.25, -0.2) is 9.69 Å². The van der Waals surface area contributed by atoms with Crippen LogP contribution in [0.5, 0.6) is 0 Å². The molecule has 0 spiro atoms. The zero-order chi connectivity index (χ0) is 35.3. The van der Waals surface area contributed by atoms with Crippen molar-refractivity contribution in [1.82, 2.24) is 9.97 Å². The lowest BCUT2D eigenvalue weighted by atomic mass is 9.99. The summed E-state index contributed by atoms with van der Waals surface area (Å²) in [6, 6.07) is 9.07. The van der Waals surface area contributed by atoms with Crippen molar-refractivity contribution >= 4 is 60.2 Å². The second-order valence-corrected chi connectivity index (χ2v) is 9.69. The molecule has 0 N–H and O–H groups in total. The minimum Gasteiger partial charge on any atom is -0.255 e. The average molecular weight is 571 g/mol. The third-order valence-corrected chi connectivity index (χ3v) is 7.35. The van der Waals surface area contributed by atoms with Crippen LogP contribution in [-0.4, -0.2) is 9.97 Å². The van der Waals surface area contributed by atoms with Gasteiger partial charge in [0.15, 0.2) is 5.69 Å². The summed E-state index contributed by atoms with van der Waals surface area (Å²) in [6.45, 7) is 15.4. The molecule has 3 aromatic heterocycles. The van der Waals surface area contributed by atoms with Crippen LogP contribution in [0.15, 0.2) is 72.2 Å². The Labute approximate surface area is 256 Å². The van der Waals surface area contributed by atoms with Crippen LogP contribution in [0.1, 0.15) is 36.0 Å². The molecule has 0 amide bonds. The summed E-state index contributed by atoms with van der Waals surface area (Å²) in [5.41, 5.74) is -1.88. The molecule has 0 saturated heterocycles. The molecule has 0 aliphatic rings. The van der Waals surface area contributed by atoms with Crippen molar-refractivity contribution in [3.8, 4) is 24.3 Å².